The molecule has 1 saturated heterocycles. The van der Waals surface area contributed by atoms with Crippen molar-refractivity contribution in [3.05, 3.63) is 0 Å². The zero-order valence-corrected chi connectivity index (χ0v) is 11.8. The van der Waals surface area contributed by atoms with E-state index >= 15 is 0 Å². The van der Waals surface area contributed by atoms with Gasteiger partial charge in [-0.3, -0.25) is 4.90 Å². The average Bonchev–Trinajstić information content (AvgIpc) is 2.32. The van der Waals surface area contributed by atoms with Crippen molar-refractivity contribution < 1.29 is 0 Å². The number of nitriles is 1. The highest BCUT2D eigenvalue weighted by Crippen LogP contribution is 2.18. The second-order valence-corrected chi connectivity index (χ2v) is 5.57. The molecule has 0 aromatic heterocycles. The minimum atomic E-state index is -0.411. The molecular formula is C13H26N4. The van der Waals surface area contributed by atoms with Gasteiger partial charge in [-0.1, -0.05) is 0 Å². The van der Waals surface area contributed by atoms with E-state index in [-0.39, 0.29) is 0 Å². The summed E-state index contributed by atoms with van der Waals surface area (Å²) >= 11 is 0. The van der Waals surface area contributed by atoms with Crippen molar-refractivity contribution in [1.29, 1.82) is 5.26 Å². The van der Waals surface area contributed by atoms with Crippen molar-refractivity contribution in [1.82, 2.24) is 15.1 Å². The van der Waals surface area contributed by atoms with Crippen LogP contribution < -0.4 is 5.32 Å². The first-order valence-electron chi connectivity index (χ1n) is 6.46. The van der Waals surface area contributed by atoms with Crippen LogP contribution in [0.2, 0.25) is 0 Å². The quantitative estimate of drug-likeness (QED) is 0.790. The Labute approximate surface area is 106 Å². The molecule has 1 fully saturated rings. The molecule has 3 unspecified atom stereocenters. The highest BCUT2D eigenvalue weighted by molar-refractivity contribution is 5.05. The van der Waals surface area contributed by atoms with Crippen molar-refractivity contribution in [2.75, 3.05) is 33.7 Å². The Morgan fingerprint density at radius 2 is 2.18 bits per heavy atom. The summed E-state index contributed by atoms with van der Waals surface area (Å²) in [6.07, 6.45) is 0.871. The van der Waals surface area contributed by atoms with Crippen LogP contribution in [0.4, 0.5) is 0 Å². The first-order chi connectivity index (χ1) is 7.91. The molecule has 0 amide bonds. The zero-order chi connectivity index (χ0) is 13.1. The molecule has 0 radical (unpaired) electrons. The van der Waals surface area contributed by atoms with Gasteiger partial charge in [-0.05, 0) is 41.3 Å². The van der Waals surface area contributed by atoms with Gasteiger partial charge in [-0.2, -0.15) is 5.26 Å². The molecule has 0 aliphatic carbocycles. The Balaban J connectivity index is 2.54. The van der Waals surface area contributed by atoms with Crippen LogP contribution in [0.3, 0.4) is 0 Å². The van der Waals surface area contributed by atoms with Gasteiger partial charge in [0, 0.05) is 31.7 Å². The molecular weight excluding hydrogens is 212 g/mol. The van der Waals surface area contributed by atoms with Crippen molar-refractivity contribution >= 4 is 0 Å². The number of hydrogen-bond acceptors (Lipinski definition) is 4. The topological polar surface area (TPSA) is 42.3 Å². The van der Waals surface area contributed by atoms with E-state index in [0.717, 1.165) is 26.1 Å². The number of rotatable bonds is 4. The van der Waals surface area contributed by atoms with E-state index in [0.29, 0.717) is 12.1 Å². The Kier molecular flexibility index (Phi) is 4.93. The predicted octanol–water partition coefficient (Wildman–Crippen LogP) is 0.903. The first-order valence-corrected chi connectivity index (χ1v) is 6.46. The summed E-state index contributed by atoms with van der Waals surface area (Å²) in [5.41, 5.74) is -0.411. The van der Waals surface area contributed by atoms with Crippen molar-refractivity contribution in [2.24, 2.45) is 0 Å². The minimum Gasteiger partial charge on any atom is -0.303 e. The lowest BCUT2D eigenvalue weighted by molar-refractivity contribution is 0.0684. The monoisotopic (exact) mass is 238 g/mol. The third kappa shape index (κ3) is 3.67. The molecule has 1 rings (SSSR count). The van der Waals surface area contributed by atoms with E-state index in [1.807, 2.05) is 14.0 Å². The third-order valence-corrected chi connectivity index (χ3v) is 4.12. The van der Waals surface area contributed by atoms with Crippen molar-refractivity contribution in [2.45, 2.75) is 44.8 Å². The molecule has 1 aliphatic heterocycles. The maximum Gasteiger partial charge on any atom is 0.105 e. The predicted molar refractivity (Wildman–Crippen MR) is 70.8 cm³/mol. The molecule has 4 nitrogen and oxygen atoms in total. The van der Waals surface area contributed by atoms with E-state index in [9.17, 15) is 5.26 Å². The third-order valence-electron chi connectivity index (χ3n) is 4.12. The van der Waals surface area contributed by atoms with Gasteiger partial charge in [0.25, 0.3) is 0 Å². The van der Waals surface area contributed by atoms with Crippen LogP contribution >= 0.6 is 0 Å². The van der Waals surface area contributed by atoms with Gasteiger partial charge in [-0.25, -0.2) is 0 Å². The number of hydrogen-bond donors (Lipinski definition) is 1. The van der Waals surface area contributed by atoms with Crippen molar-refractivity contribution in [3.8, 4) is 6.07 Å². The first kappa shape index (κ1) is 14.4. The van der Waals surface area contributed by atoms with Gasteiger partial charge in [-0.15, -0.1) is 0 Å². The summed E-state index contributed by atoms with van der Waals surface area (Å²) in [7, 11) is 4.04. The molecule has 98 valence electrons. The number of nitrogens with one attached hydrogen (secondary N) is 1. The number of likely N-dealkylation sites (N-methyl/N-ethyl adjacent to an activating group) is 1. The van der Waals surface area contributed by atoms with Gasteiger partial charge in [0.15, 0.2) is 0 Å². The molecule has 17 heavy (non-hydrogen) atoms. The standard InChI is InChI=1S/C13H26N4/c1-11(8-13(3,10-14)15-4)17-7-6-16(5)12(2)9-17/h11-12,15H,6-9H2,1-5H3. The molecule has 1 N–H and O–H groups in total. The summed E-state index contributed by atoms with van der Waals surface area (Å²) < 4.78 is 0. The fourth-order valence-corrected chi connectivity index (χ4v) is 2.40. The van der Waals surface area contributed by atoms with Crippen LogP contribution in [0, 0.1) is 11.3 Å². The molecule has 0 spiro atoms. The van der Waals surface area contributed by atoms with Gasteiger partial charge >= 0.3 is 0 Å². The largest absolute Gasteiger partial charge is 0.303 e. The molecule has 3 atom stereocenters. The minimum absolute atomic E-state index is 0.411. The second kappa shape index (κ2) is 5.81. The maximum atomic E-state index is 9.19. The lowest BCUT2D eigenvalue weighted by atomic mass is 9.94. The Morgan fingerprint density at radius 3 is 2.65 bits per heavy atom. The van der Waals surface area contributed by atoms with Crippen molar-refractivity contribution in [3.63, 3.8) is 0 Å². The van der Waals surface area contributed by atoms with E-state index < -0.39 is 5.54 Å². The lowest BCUT2D eigenvalue weighted by Gasteiger charge is -2.42. The summed E-state index contributed by atoms with van der Waals surface area (Å²) in [5.74, 6) is 0. The van der Waals surface area contributed by atoms with Crippen LogP contribution in [-0.2, 0) is 0 Å². The SMILES string of the molecule is CNC(C)(C#N)CC(C)N1CCN(C)C(C)C1. The highest BCUT2D eigenvalue weighted by atomic mass is 15.3. The molecule has 0 saturated carbocycles. The average molecular weight is 238 g/mol. The molecule has 1 heterocycles. The Morgan fingerprint density at radius 1 is 1.53 bits per heavy atom. The van der Waals surface area contributed by atoms with Gasteiger partial charge in [0.2, 0.25) is 0 Å². The van der Waals surface area contributed by atoms with E-state index in [1.54, 1.807) is 0 Å². The summed E-state index contributed by atoms with van der Waals surface area (Å²) in [5, 5.41) is 12.3. The smallest absolute Gasteiger partial charge is 0.105 e. The molecule has 0 aromatic carbocycles. The fourth-order valence-electron chi connectivity index (χ4n) is 2.40. The Bertz CT molecular complexity index is 286. The maximum absolute atomic E-state index is 9.19. The van der Waals surface area contributed by atoms with Crippen LogP contribution in [0.15, 0.2) is 0 Å². The fraction of sp³-hybridized carbons (Fsp3) is 0.923. The summed E-state index contributed by atoms with van der Waals surface area (Å²) in [4.78, 5) is 4.89. The molecule has 0 aromatic rings. The van der Waals surface area contributed by atoms with E-state index in [4.69, 9.17) is 0 Å². The van der Waals surface area contributed by atoms with Crippen LogP contribution in [-0.4, -0.2) is 61.2 Å². The number of piperazine rings is 1. The van der Waals surface area contributed by atoms with Gasteiger partial charge in [0.1, 0.15) is 5.54 Å². The van der Waals surface area contributed by atoms with E-state index in [1.165, 1.54) is 0 Å². The number of nitrogens with zero attached hydrogens (tertiary/aromatic N) is 3. The zero-order valence-electron chi connectivity index (χ0n) is 11.8. The van der Waals surface area contributed by atoms with Gasteiger partial charge < -0.3 is 10.2 Å². The normalized spacial score (nSPS) is 28.4. The van der Waals surface area contributed by atoms with Crippen LogP contribution in [0.25, 0.3) is 0 Å². The van der Waals surface area contributed by atoms with Crippen LogP contribution in [0.5, 0.6) is 0 Å². The lowest BCUT2D eigenvalue weighted by Crippen LogP contribution is -2.54. The molecule has 4 heteroatoms. The molecule has 0 bridgehead atoms. The highest BCUT2D eigenvalue weighted by Gasteiger charge is 2.30. The Hall–Kier alpha value is -0.630. The summed E-state index contributed by atoms with van der Waals surface area (Å²) in [6.45, 7) is 9.79. The summed E-state index contributed by atoms with van der Waals surface area (Å²) in [6, 6.07) is 3.42. The van der Waals surface area contributed by atoms with E-state index in [2.05, 4.69) is 42.1 Å². The second-order valence-electron chi connectivity index (χ2n) is 5.57. The van der Waals surface area contributed by atoms with Gasteiger partial charge in [0.05, 0.1) is 6.07 Å². The molecule has 1 aliphatic rings. The van der Waals surface area contributed by atoms with Crippen LogP contribution in [0.1, 0.15) is 27.2 Å².